The van der Waals surface area contributed by atoms with E-state index in [0.717, 1.165) is 11.1 Å². The number of halogens is 1. The first-order valence-corrected chi connectivity index (χ1v) is 9.76. The van der Waals surface area contributed by atoms with E-state index in [9.17, 15) is 9.18 Å². The van der Waals surface area contributed by atoms with Crippen LogP contribution in [-0.4, -0.2) is 27.6 Å². The molecule has 3 aromatic rings. The summed E-state index contributed by atoms with van der Waals surface area (Å²) in [7, 11) is 0. The summed E-state index contributed by atoms with van der Waals surface area (Å²) in [4.78, 5) is 15.3. The minimum atomic E-state index is -0.554. The molecule has 2 aliphatic heterocycles. The van der Waals surface area contributed by atoms with E-state index in [1.54, 1.807) is 11.0 Å². The van der Waals surface area contributed by atoms with Crippen LogP contribution >= 0.6 is 0 Å². The van der Waals surface area contributed by atoms with Crippen LogP contribution in [0.25, 0.3) is 0 Å². The number of carbonyl (C=O) groups is 1. The van der Waals surface area contributed by atoms with Crippen molar-refractivity contribution >= 4 is 5.91 Å². The van der Waals surface area contributed by atoms with Gasteiger partial charge in [0.25, 0.3) is 0 Å². The summed E-state index contributed by atoms with van der Waals surface area (Å²) in [5.41, 5.74) is 2.84. The molecule has 148 valence electrons. The normalized spacial score (nSPS) is 20.1. The number of amides is 1. The third-order valence-electron chi connectivity index (χ3n) is 5.65. The van der Waals surface area contributed by atoms with Gasteiger partial charge in [-0.25, -0.2) is 4.39 Å². The Morgan fingerprint density at radius 1 is 1.21 bits per heavy atom. The molecule has 0 N–H and O–H groups in total. The third-order valence-corrected chi connectivity index (χ3v) is 5.65. The molecule has 2 unspecified atom stereocenters. The number of aromatic nitrogens is 2. The van der Waals surface area contributed by atoms with E-state index >= 15 is 0 Å². The van der Waals surface area contributed by atoms with Gasteiger partial charge in [0.1, 0.15) is 30.1 Å². The molecular formula is C22H20FN3O3. The topological polar surface area (TPSA) is 68.5 Å². The summed E-state index contributed by atoms with van der Waals surface area (Å²) in [6.07, 6.45) is 1.23. The number of hydrogen-bond donors (Lipinski definition) is 0. The standard InChI is InChI=1S/C22H20FN3O3/c1-2-20-24-25-21(29-20)18-9-13-5-3-4-6-14(13)11-26(18)22(27)17-12-28-19-8-7-15(23)10-16(17)19/h3-8,10,17-18H,2,9,11-12H2,1H3. The van der Waals surface area contributed by atoms with Crippen LogP contribution < -0.4 is 4.74 Å². The minimum absolute atomic E-state index is 0.120. The van der Waals surface area contributed by atoms with Gasteiger partial charge in [-0.3, -0.25) is 4.79 Å². The monoisotopic (exact) mass is 393 g/mol. The molecule has 0 bridgehead atoms. The van der Waals surface area contributed by atoms with Crippen molar-refractivity contribution in [3.63, 3.8) is 0 Å². The van der Waals surface area contributed by atoms with Crippen LogP contribution in [-0.2, 0) is 24.2 Å². The molecule has 0 fully saturated rings. The first-order valence-electron chi connectivity index (χ1n) is 9.76. The van der Waals surface area contributed by atoms with Crippen LogP contribution in [0.2, 0.25) is 0 Å². The fraction of sp³-hybridized carbons (Fsp3) is 0.318. The number of rotatable bonds is 3. The SMILES string of the molecule is CCc1nnc(C2Cc3ccccc3CN2C(=O)C2COc3ccc(F)cc32)o1. The maximum Gasteiger partial charge on any atom is 0.239 e. The molecule has 1 amide bonds. The molecule has 5 rings (SSSR count). The Hall–Kier alpha value is -3.22. The van der Waals surface area contributed by atoms with E-state index in [1.165, 1.54) is 12.1 Å². The van der Waals surface area contributed by atoms with E-state index < -0.39 is 5.92 Å². The van der Waals surface area contributed by atoms with E-state index in [1.807, 2.05) is 25.1 Å². The molecule has 0 saturated carbocycles. The molecule has 7 heteroatoms. The Morgan fingerprint density at radius 3 is 2.83 bits per heavy atom. The molecule has 0 spiro atoms. The molecule has 0 saturated heterocycles. The van der Waals surface area contributed by atoms with Crippen molar-refractivity contribution in [2.75, 3.05) is 6.61 Å². The second-order valence-electron chi connectivity index (χ2n) is 7.39. The van der Waals surface area contributed by atoms with Crippen molar-refractivity contribution < 1.29 is 18.3 Å². The molecule has 0 radical (unpaired) electrons. The van der Waals surface area contributed by atoms with Gasteiger partial charge in [0.15, 0.2) is 0 Å². The molecule has 2 aromatic carbocycles. The molecule has 2 aliphatic rings. The number of benzene rings is 2. The maximum absolute atomic E-state index is 13.8. The molecule has 6 nitrogen and oxygen atoms in total. The quantitative estimate of drug-likeness (QED) is 0.680. The third kappa shape index (κ3) is 3.06. The number of fused-ring (bicyclic) bond motifs is 2. The zero-order chi connectivity index (χ0) is 20.0. The first kappa shape index (κ1) is 17.8. The van der Waals surface area contributed by atoms with E-state index in [4.69, 9.17) is 9.15 Å². The largest absolute Gasteiger partial charge is 0.492 e. The van der Waals surface area contributed by atoms with Crippen LogP contribution in [0.4, 0.5) is 4.39 Å². The highest BCUT2D eigenvalue weighted by Gasteiger charge is 2.40. The zero-order valence-corrected chi connectivity index (χ0v) is 16.0. The van der Waals surface area contributed by atoms with E-state index in [-0.39, 0.29) is 24.4 Å². The lowest BCUT2D eigenvalue weighted by Gasteiger charge is -2.36. The van der Waals surface area contributed by atoms with Gasteiger partial charge >= 0.3 is 0 Å². The van der Waals surface area contributed by atoms with Gasteiger partial charge in [-0.05, 0) is 29.3 Å². The van der Waals surface area contributed by atoms with Crippen molar-refractivity contribution in [2.45, 2.75) is 38.3 Å². The van der Waals surface area contributed by atoms with Crippen LogP contribution in [0.15, 0.2) is 46.9 Å². The van der Waals surface area contributed by atoms with E-state index in [2.05, 4.69) is 16.3 Å². The maximum atomic E-state index is 13.8. The number of aryl methyl sites for hydroxylation is 1. The fourth-order valence-corrected chi connectivity index (χ4v) is 4.11. The zero-order valence-electron chi connectivity index (χ0n) is 16.0. The smallest absolute Gasteiger partial charge is 0.239 e. The lowest BCUT2D eigenvalue weighted by molar-refractivity contribution is -0.137. The highest BCUT2D eigenvalue weighted by Crippen LogP contribution is 2.40. The minimum Gasteiger partial charge on any atom is -0.492 e. The number of nitrogens with zero attached hydrogens (tertiary/aromatic N) is 3. The summed E-state index contributed by atoms with van der Waals surface area (Å²) in [5, 5.41) is 8.28. The summed E-state index contributed by atoms with van der Waals surface area (Å²) in [5.74, 6) is 0.486. The molecule has 1 aromatic heterocycles. The Bertz CT molecular complexity index is 1080. The second-order valence-corrected chi connectivity index (χ2v) is 7.39. The number of ether oxygens (including phenoxy) is 1. The molecule has 2 atom stereocenters. The Balaban J connectivity index is 1.52. The molecule has 3 heterocycles. The van der Waals surface area contributed by atoms with Gasteiger partial charge in [-0.1, -0.05) is 31.2 Å². The molecular weight excluding hydrogens is 373 g/mol. The fourth-order valence-electron chi connectivity index (χ4n) is 4.11. The van der Waals surface area contributed by atoms with Crippen LogP contribution in [0.5, 0.6) is 5.75 Å². The average molecular weight is 393 g/mol. The number of carbonyl (C=O) groups excluding carboxylic acids is 1. The van der Waals surface area contributed by atoms with Crippen LogP contribution in [0, 0.1) is 5.82 Å². The van der Waals surface area contributed by atoms with Crippen molar-refractivity contribution in [1.29, 1.82) is 0 Å². The van der Waals surface area contributed by atoms with Crippen LogP contribution in [0.3, 0.4) is 0 Å². The Kier molecular flexibility index (Phi) is 4.30. The van der Waals surface area contributed by atoms with Gasteiger partial charge in [0, 0.05) is 24.9 Å². The van der Waals surface area contributed by atoms with Gasteiger partial charge in [0.2, 0.25) is 17.7 Å². The predicted molar refractivity (Wildman–Crippen MR) is 102 cm³/mol. The summed E-state index contributed by atoms with van der Waals surface area (Å²) in [6, 6.07) is 12.0. The average Bonchev–Trinajstić information content (AvgIpc) is 3.39. The molecule has 0 aliphatic carbocycles. The Labute approximate surface area is 167 Å². The van der Waals surface area contributed by atoms with Crippen molar-refractivity contribution in [3.05, 3.63) is 76.8 Å². The predicted octanol–water partition coefficient (Wildman–Crippen LogP) is 3.57. The first-order chi connectivity index (χ1) is 14.1. The van der Waals surface area contributed by atoms with Crippen molar-refractivity contribution in [2.24, 2.45) is 0 Å². The highest BCUT2D eigenvalue weighted by atomic mass is 19.1. The lowest BCUT2D eigenvalue weighted by atomic mass is 9.91. The van der Waals surface area contributed by atoms with Crippen LogP contribution in [0.1, 0.15) is 47.4 Å². The van der Waals surface area contributed by atoms with Gasteiger partial charge < -0.3 is 14.1 Å². The van der Waals surface area contributed by atoms with Crippen molar-refractivity contribution in [3.8, 4) is 5.75 Å². The van der Waals surface area contributed by atoms with E-state index in [0.29, 0.717) is 42.5 Å². The van der Waals surface area contributed by atoms with Gasteiger partial charge in [0.05, 0.1) is 0 Å². The van der Waals surface area contributed by atoms with Gasteiger partial charge in [-0.2, -0.15) is 0 Å². The highest BCUT2D eigenvalue weighted by molar-refractivity contribution is 5.86. The summed E-state index contributed by atoms with van der Waals surface area (Å²) in [6.45, 7) is 2.58. The molecule has 29 heavy (non-hydrogen) atoms. The van der Waals surface area contributed by atoms with Crippen molar-refractivity contribution in [1.82, 2.24) is 15.1 Å². The van der Waals surface area contributed by atoms with Gasteiger partial charge in [-0.15, -0.1) is 10.2 Å². The summed E-state index contributed by atoms with van der Waals surface area (Å²) < 4.78 is 25.3. The number of hydrogen-bond acceptors (Lipinski definition) is 5. The Morgan fingerprint density at radius 2 is 2.03 bits per heavy atom. The lowest BCUT2D eigenvalue weighted by Crippen LogP contribution is -2.42. The second kappa shape index (κ2) is 6.99. The summed E-state index contributed by atoms with van der Waals surface area (Å²) >= 11 is 0.